The zero-order valence-electron chi connectivity index (χ0n) is 5.18. The number of carboxylic acid groups (broad SMARTS) is 1. The van der Waals surface area contributed by atoms with Crippen molar-refractivity contribution < 1.29 is 36.4 Å². The minimum atomic E-state index is -1.33. The third-order valence-corrected chi connectivity index (χ3v) is 0.716. The topological polar surface area (TPSA) is 54.4 Å². The number of hydrogen-bond acceptors (Lipinski definition) is 2. The molecular formula is C5H8O3Ti. The Labute approximate surface area is 68.3 Å². The summed E-state index contributed by atoms with van der Waals surface area (Å²) >= 11 is 0. The van der Waals surface area contributed by atoms with E-state index in [4.69, 9.17) is 5.11 Å². The molecule has 0 saturated carbocycles. The molecule has 0 aliphatic heterocycles. The van der Waals surface area contributed by atoms with E-state index in [1.807, 2.05) is 0 Å². The maximum Gasteiger partial charge on any atom is 0.372 e. The van der Waals surface area contributed by atoms with E-state index in [0.29, 0.717) is 6.42 Å². The van der Waals surface area contributed by atoms with Crippen molar-refractivity contribution in [3.8, 4) is 0 Å². The Bertz CT molecular complexity index is 111. The summed E-state index contributed by atoms with van der Waals surface area (Å²) in [7, 11) is 0. The summed E-state index contributed by atoms with van der Waals surface area (Å²) in [6, 6.07) is 0. The Kier molecular flexibility index (Phi) is 7.73. The minimum absolute atomic E-state index is 0. The summed E-state index contributed by atoms with van der Waals surface area (Å²) in [6.07, 6.45) is 0.750. The molecule has 0 fully saturated rings. The Balaban J connectivity index is 0. The maximum absolute atomic E-state index is 10.1. The van der Waals surface area contributed by atoms with Gasteiger partial charge in [0.05, 0.1) is 0 Å². The first-order valence-electron chi connectivity index (χ1n) is 2.44. The molecule has 0 aliphatic rings. The van der Waals surface area contributed by atoms with Crippen LogP contribution in [0.1, 0.15) is 19.8 Å². The SMILES string of the molecule is CCCC(=O)C(=O)O.[Ti]. The van der Waals surface area contributed by atoms with E-state index in [-0.39, 0.29) is 28.1 Å². The van der Waals surface area contributed by atoms with Gasteiger partial charge in [-0.25, -0.2) is 4.79 Å². The third kappa shape index (κ3) is 5.73. The van der Waals surface area contributed by atoms with Gasteiger partial charge in [-0.3, -0.25) is 4.79 Å². The molecule has 0 aliphatic carbocycles. The summed E-state index contributed by atoms with van der Waals surface area (Å²) in [5.41, 5.74) is 0. The normalized spacial score (nSPS) is 7.67. The molecule has 0 aromatic heterocycles. The van der Waals surface area contributed by atoms with Gasteiger partial charge in [0, 0.05) is 28.1 Å². The molecule has 0 rings (SSSR count). The van der Waals surface area contributed by atoms with Gasteiger partial charge in [0.15, 0.2) is 0 Å². The second-order valence-corrected chi connectivity index (χ2v) is 1.48. The predicted molar refractivity (Wildman–Crippen MR) is 27.6 cm³/mol. The van der Waals surface area contributed by atoms with Crippen molar-refractivity contribution >= 4 is 11.8 Å². The molecule has 0 amide bonds. The fourth-order valence-corrected chi connectivity index (χ4v) is 0.334. The van der Waals surface area contributed by atoms with Crippen molar-refractivity contribution in [3.05, 3.63) is 0 Å². The largest absolute Gasteiger partial charge is 0.476 e. The number of ketones is 1. The number of carbonyl (C=O) groups is 2. The fraction of sp³-hybridized carbons (Fsp3) is 0.600. The van der Waals surface area contributed by atoms with Gasteiger partial charge in [-0.05, 0) is 6.42 Å². The molecule has 1 N–H and O–H groups in total. The standard InChI is InChI=1S/C5H8O3.Ti/c1-2-3-4(6)5(7)8;/h2-3H2,1H3,(H,7,8);. The predicted octanol–water partition coefficient (Wildman–Crippen LogP) is 0.438. The molecule has 0 saturated heterocycles. The van der Waals surface area contributed by atoms with Crippen LogP contribution in [0.2, 0.25) is 0 Å². The number of hydrogen-bond donors (Lipinski definition) is 1. The smallest absolute Gasteiger partial charge is 0.372 e. The molecule has 9 heavy (non-hydrogen) atoms. The summed E-state index contributed by atoms with van der Waals surface area (Å²) in [6.45, 7) is 1.76. The Hall–Kier alpha value is -0.146. The number of Topliss-reactive ketones (excluding diaryl/α,β-unsaturated/α-hetero) is 1. The van der Waals surface area contributed by atoms with Crippen LogP contribution in [-0.4, -0.2) is 16.9 Å². The second-order valence-electron chi connectivity index (χ2n) is 1.48. The minimum Gasteiger partial charge on any atom is -0.476 e. The first-order valence-corrected chi connectivity index (χ1v) is 2.44. The third-order valence-electron chi connectivity index (χ3n) is 0.716. The number of rotatable bonds is 3. The molecule has 50 valence electrons. The Morgan fingerprint density at radius 1 is 1.44 bits per heavy atom. The van der Waals surface area contributed by atoms with E-state index in [1.54, 1.807) is 6.92 Å². The monoisotopic (exact) mass is 164 g/mol. The van der Waals surface area contributed by atoms with Gasteiger partial charge in [0.25, 0.3) is 0 Å². The molecule has 0 heterocycles. The van der Waals surface area contributed by atoms with Crippen molar-refractivity contribution in [1.29, 1.82) is 0 Å². The van der Waals surface area contributed by atoms with E-state index in [1.165, 1.54) is 0 Å². The molecular weight excluding hydrogens is 156 g/mol. The summed E-state index contributed by atoms with van der Waals surface area (Å²) < 4.78 is 0. The molecule has 0 spiro atoms. The average Bonchev–Trinajstić information content (AvgIpc) is 1.67. The fourth-order valence-electron chi connectivity index (χ4n) is 0.334. The number of carboxylic acids is 1. The van der Waals surface area contributed by atoms with E-state index < -0.39 is 11.8 Å². The van der Waals surface area contributed by atoms with Gasteiger partial charge in [0.2, 0.25) is 5.78 Å². The van der Waals surface area contributed by atoms with Gasteiger partial charge in [-0.2, -0.15) is 0 Å². The van der Waals surface area contributed by atoms with Crippen LogP contribution < -0.4 is 0 Å². The summed E-state index contributed by atoms with van der Waals surface area (Å²) in [5.74, 6) is -2.03. The van der Waals surface area contributed by atoms with Gasteiger partial charge >= 0.3 is 5.97 Å². The molecule has 0 bridgehead atoms. The van der Waals surface area contributed by atoms with Crippen molar-refractivity contribution in [2.24, 2.45) is 0 Å². The second kappa shape index (κ2) is 5.98. The van der Waals surface area contributed by atoms with E-state index in [0.717, 1.165) is 0 Å². The van der Waals surface area contributed by atoms with Crippen molar-refractivity contribution in [1.82, 2.24) is 0 Å². The first-order chi connectivity index (χ1) is 3.68. The molecule has 0 radical (unpaired) electrons. The van der Waals surface area contributed by atoms with E-state index >= 15 is 0 Å². The molecule has 0 unspecified atom stereocenters. The molecule has 4 heteroatoms. The van der Waals surface area contributed by atoms with Crippen molar-refractivity contribution in [2.75, 3.05) is 0 Å². The van der Waals surface area contributed by atoms with Gasteiger partial charge in [-0.15, -0.1) is 0 Å². The van der Waals surface area contributed by atoms with Crippen LogP contribution in [0.4, 0.5) is 0 Å². The van der Waals surface area contributed by atoms with Crippen LogP contribution in [-0.2, 0) is 31.3 Å². The first kappa shape index (κ1) is 11.6. The van der Waals surface area contributed by atoms with Gasteiger partial charge in [0.1, 0.15) is 0 Å². The molecule has 0 atom stereocenters. The number of aliphatic carboxylic acids is 1. The zero-order valence-corrected chi connectivity index (χ0v) is 6.74. The van der Waals surface area contributed by atoms with Crippen LogP contribution in [0.15, 0.2) is 0 Å². The van der Waals surface area contributed by atoms with Crippen LogP contribution in [0.5, 0.6) is 0 Å². The summed E-state index contributed by atoms with van der Waals surface area (Å²) in [4.78, 5) is 19.9. The Morgan fingerprint density at radius 3 is 2.00 bits per heavy atom. The van der Waals surface area contributed by atoms with Crippen LogP contribution in [0.25, 0.3) is 0 Å². The Morgan fingerprint density at radius 2 is 1.89 bits per heavy atom. The van der Waals surface area contributed by atoms with Gasteiger partial charge in [-0.1, -0.05) is 6.92 Å². The van der Waals surface area contributed by atoms with Crippen LogP contribution in [0, 0.1) is 0 Å². The zero-order chi connectivity index (χ0) is 6.57. The van der Waals surface area contributed by atoms with Crippen molar-refractivity contribution in [2.45, 2.75) is 19.8 Å². The maximum atomic E-state index is 10.1. The van der Waals surface area contributed by atoms with Gasteiger partial charge < -0.3 is 5.11 Å². The van der Waals surface area contributed by atoms with E-state index in [9.17, 15) is 9.59 Å². The molecule has 0 aromatic rings. The van der Waals surface area contributed by atoms with E-state index in [2.05, 4.69) is 0 Å². The van der Waals surface area contributed by atoms with Crippen LogP contribution in [0.3, 0.4) is 0 Å². The molecule has 0 aromatic carbocycles. The van der Waals surface area contributed by atoms with Crippen LogP contribution >= 0.6 is 0 Å². The quantitative estimate of drug-likeness (QED) is 0.486. The summed E-state index contributed by atoms with van der Waals surface area (Å²) in [5, 5.41) is 7.96. The molecule has 3 nitrogen and oxygen atoms in total. The average molecular weight is 164 g/mol. The number of carbonyl (C=O) groups excluding carboxylic acids is 1. The van der Waals surface area contributed by atoms with Crippen molar-refractivity contribution in [3.63, 3.8) is 0 Å².